The van der Waals surface area contributed by atoms with Crippen LogP contribution in [0.1, 0.15) is 65.7 Å². The van der Waals surface area contributed by atoms with Gasteiger partial charge in [0.2, 0.25) is 0 Å². The first-order valence-electron chi connectivity index (χ1n) is 8.77. The van der Waals surface area contributed by atoms with Crippen molar-refractivity contribution in [2.75, 3.05) is 19.6 Å². The number of rotatable bonds is 5. The third kappa shape index (κ3) is 3.72. The van der Waals surface area contributed by atoms with Gasteiger partial charge < -0.3 is 5.32 Å². The fraction of sp³-hybridized carbons (Fsp3) is 1.00. The Morgan fingerprint density at radius 1 is 0.947 bits per heavy atom. The number of nitrogens with one attached hydrogen (secondary N) is 1. The van der Waals surface area contributed by atoms with Crippen molar-refractivity contribution in [3.63, 3.8) is 0 Å². The van der Waals surface area contributed by atoms with Crippen LogP contribution in [0.15, 0.2) is 0 Å². The normalized spacial score (nSPS) is 37.4. The van der Waals surface area contributed by atoms with Gasteiger partial charge in [-0.05, 0) is 44.2 Å². The van der Waals surface area contributed by atoms with Crippen molar-refractivity contribution in [3.8, 4) is 0 Å². The highest BCUT2D eigenvalue weighted by atomic mass is 15.2. The Morgan fingerprint density at radius 3 is 2.37 bits per heavy atom. The molecule has 0 radical (unpaired) electrons. The van der Waals surface area contributed by atoms with Crippen molar-refractivity contribution in [1.29, 1.82) is 0 Å². The number of piperidine rings is 1. The highest BCUT2D eigenvalue weighted by Gasteiger charge is 2.34. The van der Waals surface area contributed by atoms with Crippen molar-refractivity contribution in [2.24, 2.45) is 11.8 Å². The summed E-state index contributed by atoms with van der Waals surface area (Å²) in [6.45, 7) is 10.8. The van der Waals surface area contributed by atoms with Gasteiger partial charge in [0.25, 0.3) is 0 Å². The molecule has 0 bridgehead atoms. The van der Waals surface area contributed by atoms with Gasteiger partial charge in [-0.25, -0.2) is 0 Å². The maximum atomic E-state index is 3.71. The zero-order valence-electron chi connectivity index (χ0n) is 13.3. The maximum Gasteiger partial charge on any atom is 0.0123 e. The van der Waals surface area contributed by atoms with Gasteiger partial charge in [-0.15, -0.1) is 0 Å². The fourth-order valence-electron chi connectivity index (χ4n) is 4.45. The summed E-state index contributed by atoms with van der Waals surface area (Å²) >= 11 is 0. The molecule has 1 saturated heterocycles. The molecule has 4 atom stereocenters. The molecule has 112 valence electrons. The predicted molar refractivity (Wildman–Crippen MR) is 83.5 cm³/mol. The van der Waals surface area contributed by atoms with E-state index in [-0.39, 0.29) is 0 Å². The topological polar surface area (TPSA) is 15.3 Å². The molecule has 19 heavy (non-hydrogen) atoms. The molecule has 2 nitrogen and oxygen atoms in total. The quantitative estimate of drug-likeness (QED) is 0.817. The van der Waals surface area contributed by atoms with Crippen LogP contribution in [0.3, 0.4) is 0 Å². The predicted octanol–water partition coefficient (Wildman–Crippen LogP) is 3.67. The van der Waals surface area contributed by atoms with Crippen LogP contribution >= 0.6 is 0 Å². The van der Waals surface area contributed by atoms with E-state index in [1.165, 1.54) is 58.0 Å². The van der Waals surface area contributed by atoms with Crippen LogP contribution in [0.5, 0.6) is 0 Å². The lowest BCUT2D eigenvalue weighted by Crippen LogP contribution is -2.54. The van der Waals surface area contributed by atoms with Crippen LogP contribution in [-0.2, 0) is 0 Å². The lowest BCUT2D eigenvalue weighted by atomic mass is 9.79. The minimum Gasteiger partial charge on any atom is -0.314 e. The number of hydrogen-bond acceptors (Lipinski definition) is 2. The maximum absolute atomic E-state index is 3.71. The van der Waals surface area contributed by atoms with Gasteiger partial charge >= 0.3 is 0 Å². The molecule has 2 heteroatoms. The second kappa shape index (κ2) is 7.64. The molecule has 0 aromatic rings. The Bertz CT molecular complexity index is 254. The van der Waals surface area contributed by atoms with Gasteiger partial charge in [0.15, 0.2) is 0 Å². The number of nitrogens with zero attached hydrogens (tertiary/aromatic N) is 1. The summed E-state index contributed by atoms with van der Waals surface area (Å²) in [5.41, 5.74) is 0. The zero-order valence-corrected chi connectivity index (χ0v) is 13.3. The summed E-state index contributed by atoms with van der Waals surface area (Å²) in [7, 11) is 0. The highest BCUT2D eigenvalue weighted by molar-refractivity contribution is 4.90. The van der Waals surface area contributed by atoms with E-state index in [4.69, 9.17) is 0 Å². The summed E-state index contributed by atoms with van der Waals surface area (Å²) in [6, 6.07) is 1.67. The Kier molecular flexibility index (Phi) is 6.15. The van der Waals surface area contributed by atoms with Gasteiger partial charge in [-0.3, -0.25) is 4.90 Å². The standard InChI is InChI=1S/C17H34N2/c1-4-14-9-7-8-10-17(14)19-12-11-16(18-6-3)15(5-2)13-19/h14-18H,4-13H2,1-3H3. The number of hydrogen-bond donors (Lipinski definition) is 1. The third-order valence-corrected chi connectivity index (χ3v) is 5.62. The molecule has 0 amide bonds. The Labute approximate surface area is 120 Å². The molecular formula is C17H34N2. The van der Waals surface area contributed by atoms with Crippen molar-refractivity contribution < 1.29 is 0 Å². The third-order valence-electron chi connectivity index (χ3n) is 5.62. The average Bonchev–Trinajstić information content (AvgIpc) is 2.48. The van der Waals surface area contributed by atoms with Crippen molar-refractivity contribution >= 4 is 0 Å². The van der Waals surface area contributed by atoms with Crippen LogP contribution in [-0.4, -0.2) is 36.6 Å². The molecule has 1 saturated carbocycles. The summed E-state index contributed by atoms with van der Waals surface area (Å²) < 4.78 is 0. The molecule has 0 aromatic carbocycles. The Hall–Kier alpha value is -0.0800. The largest absolute Gasteiger partial charge is 0.314 e. The molecule has 1 aliphatic heterocycles. The fourth-order valence-corrected chi connectivity index (χ4v) is 4.45. The van der Waals surface area contributed by atoms with Gasteiger partial charge in [0, 0.05) is 18.6 Å². The van der Waals surface area contributed by atoms with Crippen LogP contribution in [0, 0.1) is 11.8 Å². The molecule has 1 heterocycles. The SMILES string of the molecule is CCNC1CCN(C2CCCCC2CC)CC1CC. The molecule has 0 aromatic heterocycles. The molecule has 2 fully saturated rings. The zero-order chi connectivity index (χ0) is 13.7. The van der Waals surface area contributed by atoms with Crippen LogP contribution in [0.4, 0.5) is 0 Å². The monoisotopic (exact) mass is 266 g/mol. The first-order chi connectivity index (χ1) is 9.30. The Balaban J connectivity index is 1.94. The van der Waals surface area contributed by atoms with E-state index in [0.29, 0.717) is 0 Å². The van der Waals surface area contributed by atoms with Crippen LogP contribution in [0.2, 0.25) is 0 Å². The van der Waals surface area contributed by atoms with Crippen molar-refractivity contribution in [3.05, 3.63) is 0 Å². The van der Waals surface area contributed by atoms with E-state index in [1.54, 1.807) is 0 Å². The second-order valence-electron chi connectivity index (χ2n) is 6.64. The molecule has 0 spiro atoms. The summed E-state index contributed by atoms with van der Waals surface area (Å²) in [4.78, 5) is 2.86. The van der Waals surface area contributed by atoms with E-state index < -0.39 is 0 Å². The second-order valence-corrected chi connectivity index (χ2v) is 6.64. The summed E-state index contributed by atoms with van der Waals surface area (Å²) in [5.74, 6) is 1.84. The van der Waals surface area contributed by atoms with E-state index >= 15 is 0 Å². The first-order valence-corrected chi connectivity index (χ1v) is 8.77. The lowest BCUT2D eigenvalue weighted by Gasteiger charge is -2.46. The summed E-state index contributed by atoms with van der Waals surface area (Å²) in [6.07, 6.45) is 9.95. The lowest BCUT2D eigenvalue weighted by molar-refractivity contribution is 0.0445. The minimum absolute atomic E-state index is 0.773. The highest BCUT2D eigenvalue weighted by Crippen LogP contribution is 2.33. The molecule has 4 unspecified atom stereocenters. The van der Waals surface area contributed by atoms with Crippen molar-refractivity contribution in [1.82, 2.24) is 10.2 Å². The minimum atomic E-state index is 0.773. The molecule has 1 aliphatic carbocycles. The van der Waals surface area contributed by atoms with E-state index in [1.807, 2.05) is 0 Å². The Morgan fingerprint density at radius 2 is 1.68 bits per heavy atom. The van der Waals surface area contributed by atoms with Crippen LogP contribution < -0.4 is 5.32 Å². The van der Waals surface area contributed by atoms with Crippen molar-refractivity contribution in [2.45, 2.75) is 77.8 Å². The average molecular weight is 266 g/mol. The molecular weight excluding hydrogens is 232 g/mol. The van der Waals surface area contributed by atoms with E-state index in [9.17, 15) is 0 Å². The van der Waals surface area contributed by atoms with Crippen LogP contribution in [0.25, 0.3) is 0 Å². The molecule has 2 aliphatic rings. The van der Waals surface area contributed by atoms with E-state index in [2.05, 4.69) is 31.0 Å². The summed E-state index contributed by atoms with van der Waals surface area (Å²) in [5, 5.41) is 3.71. The van der Waals surface area contributed by atoms with Gasteiger partial charge in [-0.1, -0.05) is 46.5 Å². The smallest absolute Gasteiger partial charge is 0.0123 e. The van der Waals surface area contributed by atoms with Gasteiger partial charge in [0.1, 0.15) is 0 Å². The van der Waals surface area contributed by atoms with Gasteiger partial charge in [-0.2, -0.15) is 0 Å². The number of likely N-dealkylation sites (tertiary alicyclic amines) is 1. The van der Waals surface area contributed by atoms with Gasteiger partial charge in [0.05, 0.1) is 0 Å². The molecule has 2 rings (SSSR count). The first kappa shape index (κ1) is 15.3. The molecule has 1 N–H and O–H groups in total. The van der Waals surface area contributed by atoms with E-state index in [0.717, 1.165) is 30.5 Å².